The van der Waals surface area contributed by atoms with Crippen LogP contribution in [0.5, 0.6) is 0 Å². The lowest BCUT2D eigenvalue weighted by Gasteiger charge is -2.20. The zero-order valence-corrected chi connectivity index (χ0v) is 12.4. The number of carbonyl (C=O) groups excluding carboxylic acids is 2. The molecule has 0 unspecified atom stereocenters. The van der Waals surface area contributed by atoms with Gasteiger partial charge in [-0.05, 0) is 39.0 Å². The lowest BCUT2D eigenvalue weighted by Crippen LogP contribution is -2.42. The Kier molecular flexibility index (Phi) is 5.20. The highest BCUT2D eigenvalue weighted by molar-refractivity contribution is 6.35. The topological polar surface area (TPSA) is 55.4 Å². The molecule has 19 heavy (non-hydrogen) atoms. The highest BCUT2D eigenvalue weighted by atomic mass is 35.5. The van der Waals surface area contributed by atoms with E-state index in [9.17, 15) is 9.59 Å². The average Bonchev–Trinajstić information content (AvgIpc) is 2.27. The van der Waals surface area contributed by atoms with Gasteiger partial charge in [0.15, 0.2) is 6.61 Å². The molecule has 0 atom stereocenters. The SMILES string of the molecule is CC(C)(C)NC(=O)COC(=O)c1cc(Cl)ccc1Cl. The molecule has 0 spiro atoms. The van der Waals surface area contributed by atoms with Crippen LogP contribution >= 0.6 is 23.2 Å². The van der Waals surface area contributed by atoms with Gasteiger partial charge in [0.1, 0.15) is 0 Å². The highest BCUT2D eigenvalue weighted by Gasteiger charge is 2.17. The van der Waals surface area contributed by atoms with Crippen LogP contribution in [0.2, 0.25) is 10.0 Å². The molecule has 0 radical (unpaired) electrons. The van der Waals surface area contributed by atoms with Crippen LogP contribution in [0.25, 0.3) is 0 Å². The summed E-state index contributed by atoms with van der Waals surface area (Å²) in [5, 5.41) is 3.28. The summed E-state index contributed by atoms with van der Waals surface area (Å²) in [5.41, 5.74) is -0.241. The Morgan fingerprint density at radius 1 is 1.26 bits per heavy atom. The summed E-state index contributed by atoms with van der Waals surface area (Å²) in [7, 11) is 0. The average molecular weight is 304 g/mol. The monoisotopic (exact) mass is 303 g/mol. The fourth-order valence-corrected chi connectivity index (χ4v) is 1.68. The Morgan fingerprint density at radius 3 is 2.47 bits per heavy atom. The van der Waals surface area contributed by atoms with Crippen molar-refractivity contribution in [2.24, 2.45) is 0 Å². The van der Waals surface area contributed by atoms with E-state index in [0.29, 0.717) is 5.02 Å². The van der Waals surface area contributed by atoms with Gasteiger partial charge in [0.25, 0.3) is 5.91 Å². The van der Waals surface area contributed by atoms with Crippen molar-refractivity contribution >= 4 is 35.1 Å². The van der Waals surface area contributed by atoms with E-state index in [-0.39, 0.29) is 28.6 Å². The number of amides is 1. The smallest absolute Gasteiger partial charge is 0.340 e. The van der Waals surface area contributed by atoms with Crippen LogP contribution in [-0.2, 0) is 9.53 Å². The molecule has 0 heterocycles. The van der Waals surface area contributed by atoms with E-state index >= 15 is 0 Å². The molecule has 1 rings (SSSR count). The Hall–Kier alpha value is -1.26. The van der Waals surface area contributed by atoms with Crippen LogP contribution < -0.4 is 5.32 Å². The molecule has 0 saturated heterocycles. The van der Waals surface area contributed by atoms with Crippen molar-refractivity contribution in [3.63, 3.8) is 0 Å². The summed E-state index contributed by atoms with van der Waals surface area (Å²) >= 11 is 11.6. The number of halogens is 2. The maximum absolute atomic E-state index is 11.7. The fraction of sp³-hybridized carbons (Fsp3) is 0.385. The van der Waals surface area contributed by atoms with Crippen molar-refractivity contribution in [1.82, 2.24) is 5.32 Å². The third-order valence-electron chi connectivity index (χ3n) is 2.00. The molecule has 4 nitrogen and oxygen atoms in total. The first-order chi connectivity index (χ1) is 8.69. The molecule has 1 N–H and O–H groups in total. The van der Waals surface area contributed by atoms with Crippen LogP contribution in [0.4, 0.5) is 0 Å². The number of ether oxygens (including phenoxy) is 1. The third-order valence-corrected chi connectivity index (χ3v) is 2.56. The summed E-state index contributed by atoms with van der Waals surface area (Å²) < 4.78 is 4.88. The maximum atomic E-state index is 11.7. The first kappa shape index (κ1) is 15.8. The predicted octanol–water partition coefficient (Wildman–Crippen LogP) is 3.06. The summed E-state index contributed by atoms with van der Waals surface area (Å²) in [6.45, 7) is 5.14. The van der Waals surface area contributed by atoms with Crippen LogP contribution in [0.15, 0.2) is 18.2 Å². The normalized spacial score (nSPS) is 11.0. The second kappa shape index (κ2) is 6.26. The maximum Gasteiger partial charge on any atom is 0.340 e. The van der Waals surface area contributed by atoms with Crippen LogP contribution in [0.1, 0.15) is 31.1 Å². The number of esters is 1. The molecule has 0 aromatic heterocycles. The van der Waals surface area contributed by atoms with E-state index in [1.54, 1.807) is 6.07 Å². The highest BCUT2D eigenvalue weighted by Crippen LogP contribution is 2.21. The molecule has 0 bridgehead atoms. The van der Waals surface area contributed by atoms with E-state index in [2.05, 4.69) is 5.32 Å². The van der Waals surface area contributed by atoms with E-state index in [0.717, 1.165) is 0 Å². The van der Waals surface area contributed by atoms with E-state index in [1.807, 2.05) is 20.8 Å². The minimum absolute atomic E-state index is 0.137. The Bertz CT molecular complexity index is 495. The van der Waals surface area contributed by atoms with E-state index < -0.39 is 5.97 Å². The second-order valence-electron chi connectivity index (χ2n) is 5.00. The number of benzene rings is 1. The van der Waals surface area contributed by atoms with Crippen LogP contribution in [0.3, 0.4) is 0 Å². The molecule has 0 aliphatic heterocycles. The Morgan fingerprint density at radius 2 is 1.89 bits per heavy atom. The number of nitrogens with one attached hydrogen (secondary N) is 1. The molecule has 0 saturated carbocycles. The first-order valence-electron chi connectivity index (χ1n) is 5.62. The fourth-order valence-electron chi connectivity index (χ4n) is 1.32. The molecular formula is C13H15Cl2NO3. The minimum atomic E-state index is -0.684. The van der Waals surface area contributed by atoms with Crippen molar-refractivity contribution in [2.75, 3.05) is 6.61 Å². The quantitative estimate of drug-likeness (QED) is 0.873. The molecule has 1 aromatic carbocycles. The van der Waals surface area contributed by atoms with Crippen molar-refractivity contribution in [3.05, 3.63) is 33.8 Å². The zero-order valence-electron chi connectivity index (χ0n) is 10.9. The lowest BCUT2D eigenvalue weighted by molar-refractivity contribution is -0.125. The van der Waals surface area contributed by atoms with Crippen molar-refractivity contribution < 1.29 is 14.3 Å². The van der Waals surface area contributed by atoms with Gasteiger partial charge in [-0.3, -0.25) is 4.79 Å². The molecular weight excluding hydrogens is 289 g/mol. The van der Waals surface area contributed by atoms with E-state index in [1.165, 1.54) is 12.1 Å². The number of hydrogen-bond donors (Lipinski definition) is 1. The van der Waals surface area contributed by atoms with Gasteiger partial charge in [-0.2, -0.15) is 0 Å². The standard InChI is InChI=1S/C13H15Cl2NO3/c1-13(2,3)16-11(17)7-19-12(18)9-6-8(14)4-5-10(9)15/h4-6H,7H2,1-3H3,(H,16,17). The summed E-state index contributed by atoms with van der Waals surface area (Å²) in [6, 6.07) is 4.45. The number of rotatable bonds is 3. The Labute approximate surface area is 122 Å². The number of carbonyl (C=O) groups is 2. The molecule has 0 aliphatic carbocycles. The third kappa shape index (κ3) is 5.49. The van der Waals surface area contributed by atoms with E-state index in [4.69, 9.17) is 27.9 Å². The summed E-state index contributed by atoms with van der Waals surface area (Å²) in [5.74, 6) is -1.06. The molecule has 0 aliphatic rings. The molecule has 1 aromatic rings. The zero-order chi connectivity index (χ0) is 14.6. The van der Waals surface area contributed by atoms with Gasteiger partial charge in [0, 0.05) is 10.6 Å². The number of hydrogen-bond acceptors (Lipinski definition) is 3. The van der Waals surface area contributed by atoms with Gasteiger partial charge < -0.3 is 10.1 Å². The first-order valence-corrected chi connectivity index (χ1v) is 6.38. The largest absolute Gasteiger partial charge is 0.452 e. The predicted molar refractivity (Wildman–Crippen MR) is 74.6 cm³/mol. The van der Waals surface area contributed by atoms with Gasteiger partial charge in [-0.1, -0.05) is 23.2 Å². The summed E-state index contributed by atoms with van der Waals surface area (Å²) in [6.07, 6.45) is 0. The molecule has 1 amide bonds. The van der Waals surface area contributed by atoms with Gasteiger partial charge in [0.2, 0.25) is 0 Å². The minimum Gasteiger partial charge on any atom is -0.452 e. The van der Waals surface area contributed by atoms with Crippen molar-refractivity contribution in [2.45, 2.75) is 26.3 Å². The molecule has 0 fully saturated rings. The Balaban J connectivity index is 2.61. The second-order valence-corrected chi connectivity index (χ2v) is 5.84. The van der Waals surface area contributed by atoms with Crippen molar-refractivity contribution in [1.29, 1.82) is 0 Å². The van der Waals surface area contributed by atoms with Gasteiger partial charge in [0.05, 0.1) is 10.6 Å². The molecule has 104 valence electrons. The van der Waals surface area contributed by atoms with Crippen LogP contribution in [-0.4, -0.2) is 24.0 Å². The van der Waals surface area contributed by atoms with Crippen LogP contribution in [0, 0.1) is 0 Å². The molecule has 6 heteroatoms. The summed E-state index contributed by atoms with van der Waals surface area (Å²) in [4.78, 5) is 23.2. The van der Waals surface area contributed by atoms with Gasteiger partial charge >= 0.3 is 5.97 Å². The van der Waals surface area contributed by atoms with Gasteiger partial charge in [-0.15, -0.1) is 0 Å². The lowest BCUT2D eigenvalue weighted by atomic mass is 10.1. The van der Waals surface area contributed by atoms with Gasteiger partial charge in [-0.25, -0.2) is 4.79 Å². The van der Waals surface area contributed by atoms with Crippen molar-refractivity contribution in [3.8, 4) is 0 Å².